The Hall–Kier alpha value is -2.83. The summed E-state index contributed by atoms with van der Waals surface area (Å²) >= 11 is 0. The first-order valence-electron chi connectivity index (χ1n) is 6.22. The normalized spacial score (nSPS) is 10.8. The van der Waals surface area contributed by atoms with Crippen LogP contribution in [0.4, 0.5) is 5.82 Å². The van der Waals surface area contributed by atoms with Gasteiger partial charge < -0.3 is 9.64 Å². The number of rotatable bonds is 4. The van der Waals surface area contributed by atoms with Crippen LogP contribution in [-0.2, 0) is 0 Å². The van der Waals surface area contributed by atoms with E-state index in [1.165, 1.54) is 17.0 Å². The molecule has 7 nitrogen and oxygen atoms in total. The highest BCUT2D eigenvalue weighted by molar-refractivity contribution is 5.60. The fourth-order valence-electron chi connectivity index (χ4n) is 1.75. The molecular formula is C14H16N4O3. The summed E-state index contributed by atoms with van der Waals surface area (Å²) in [6.07, 6.45) is 1.52. The van der Waals surface area contributed by atoms with Crippen molar-refractivity contribution >= 4 is 12.2 Å². The molecule has 0 unspecified atom stereocenters. The summed E-state index contributed by atoms with van der Waals surface area (Å²) in [5.74, 6) is 0.846. The van der Waals surface area contributed by atoms with Gasteiger partial charge >= 0.3 is 5.69 Å². The Morgan fingerprint density at radius 1 is 1.29 bits per heavy atom. The van der Waals surface area contributed by atoms with Crippen LogP contribution < -0.4 is 16.0 Å². The van der Waals surface area contributed by atoms with Crippen LogP contribution in [0.15, 0.2) is 44.9 Å². The van der Waals surface area contributed by atoms with Crippen molar-refractivity contribution < 1.29 is 4.74 Å². The maximum atomic E-state index is 12.1. The largest absolute Gasteiger partial charge is 0.497 e. The third-order valence-electron chi connectivity index (χ3n) is 2.65. The molecule has 1 aromatic heterocycles. The number of aliphatic imine (C=N–C) groups is 1. The van der Waals surface area contributed by atoms with Gasteiger partial charge in [0, 0.05) is 26.2 Å². The van der Waals surface area contributed by atoms with E-state index in [0.29, 0.717) is 11.4 Å². The number of aromatic nitrogens is 2. The predicted octanol–water partition coefficient (Wildman–Crippen LogP) is 0.756. The monoisotopic (exact) mass is 288 g/mol. The van der Waals surface area contributed by atoms with Gasteiger partial charge in [0.05, 0.1) is 19.1 Å². The molecular weight excluding hydrogens is 272 g/mol. The zero-order valence-electron chi connectivity index (χ0n) is 12.0. The lowest BCUT2D eigenvalue weighted by atomic mass is 10.3. The number of hydrogen-bond acceptors (Lipinski definition) is 4. The van der Waals surface area contributed by atoms with Gasteiger partial charge in [0.15, 0.2) is 0 Å². The predicted molar refractivity (Wildman–Crippen MR) is 81.1 cm³/mol. The quantitative estimate of drug-likeness (QED) is 0.665. The third-order valence-corrected chi connectivity index (χ3v) is 2.65. The second-order valence-corrected chi connectivity index (χ2v) is 4.54. The van der Waals surface area contributed by atoms with E-state index in [1.54, 1.807) is 50.4 Å². The summed E-state index contributed by atoms with van der Waals surface area (Å²) in [5, 5.41) is 0. The number of H-pyrrole nitrogens is 1. The first-order chi connectivity index (χ1) is 10.0. The highest BCUT2D eigenvalue weighted by Crippen LogP contribution is 2.18. The van der Waals surface area contributed by atoms with Crippen LogP contribution in [0.5, 0.6) is 5.75 Å². The van der Waals surface area contributed by atoms with Crippen LogP contribution in [0.25, 0.3) is 5.69 Å². The maximum absolute atomic E-state index is 12.1. The molecule has 7 heteroatoms. The minimum absolute atomic E-state index is 0.241. The SMILES string of the molecule is COc1cccc(-n2c(N=CN(C)C)cc(=O)[nH]c2=O)c1. The van der Waals surface area contributed by atoms with E-state index in [-0.39, 0.29) is 5.82 Å². The van der Waals surface area contributed by atoms with E-state index in [0.717, 1.165) is 0 Å². The fourth-order valence-corrected chi connectivity index (χ4v) is 1.75. The molecule has 0 spiro atoms. The summed E-state index contributed by atoms with van der Waals surface area (Å²) in [5.41, 5.74) is -0.492. The van der Waals surface area contributed by atoms with Gasteiger partial charge in [-0.15, -0.1) is 0 Å². The topological polar surface area (TPSA) is 79.7 Å². The Morgan fingerprint density at radius 2 is 2.05 bits per heavy atom. The van der Waals surface area contributed by atoms with E-state index in [1.807, 2.05) is 0 Å². The Labute approximate surface area is 121 Å². The average Bonchev–Trinajstić information content (AvgIpc) is 2.44. The fraction of sp³-hybridized carbons (Fsp3) is 0.214. The van der Waals surface area contributed by atoms with E-state index < -0.39 is 11.2 Å². The molecule has 1 N–H and O–H groups in total. The van der Waals surface area contributed by atoms with Crippen molar-refractivity contribution in [2.24, 2.45) is 4.99 Å². The zero-order chi connectivity index (χ0) is 15.4. The van der Waals surface area contributed by atoms with Gasteiger partial charge in [-0.3, -0.25) is 9.78 Å². The molecule has 1 heterocycles. The van der Waals surface area contributed by atoms with Crippen molar-refractivity contribution in [2.75, 3.05) is 21.2 Å². The number of benzene rings is 1. The lowest BCUT2D eigenvalue weighted by Crippen LogP contribution is -2.28. The number of methoxy groups -OCH3 is 1. The van der Waals surface area contributed by atoms with Crippen molar-refractivity contribution in [3.8, 4) is 11.4 Å². The second-order valence-electron chi connectivity index (χ2n) is 4.54. The van der Waals surface area contributed by atoms with Gasteiger partial charge in [0.25, 0.3) is 5.56 Å². The number of nitrogens with zero attached hydrogens (tertiary/aromatic N) is 3. The van der Waals surface area contributed by atoms with Gasteiger partial charge in [0.2, 0.25) is 0 Å². The van der Waals surface area contributed by atoms with Crippen molar-refractivity contribution in [3.63, 3.8) is 0 Å². The second kappa shape index (κ2) is 6.08. The lowest BCUT2D eigenvalue weighted by Gasteiger charge is -2.10. The molecule has 2 rings (SSSR count). The van der Waals surface area contributed by atoms with E-state index >= 15 is 0 Å². The number of hydrogen-bond donors (Lipinski definition) is 1. The Balaban J connectivity index is 2.66. The van der Waals surface area contributed by atoms with Crippen molar-refractivity contribution in [1.82, 2.24) is 14.5 Å². The zero-order valence-corrected chi connectivity index (χ0v) is 12.0. The van der Waals surface area contributed by atoms with Crippen LogP contribution in [0.2, 0.25) is 0 Å². The van der Waals surface area contributed by atoms with Crippen LogP contribution in [-0.4, -0.2) is 42.0 Å². The molecule has 21 heavy (non-hydrogen) atoms. The molecule has 0 radical (unpaired) electrons. The standard InChI is InChI=1S/C14H16N4O3/c1-17(2)9-15-12-8-13(19)16-14(20)18(12)10-5-4-6-11(7-10)21-3/h4-9H,1-3H3,(H,16,19,20). The van der Waals surface area contributed by atoms with Gasteiger partial charge in [-0.1, -0.05) is 6.07 Å². The summed E-state index contributed by atoms with van der Waals surface area (Å²) in [6.45, 7) is 0. The molecule has 1 aromatic carbocycles. The summed E-state index contributed by atoms with van der Waals surface area (Å²) in [6, 6.07) is 8.21. The van der Waals surface area contributed by atoms with E-state index in [9.17, 15) is 9.59 Å². The van der Waals surface area contributed by atoms with Gasteiger partial charge in [-0.05, 0) is 12.1 Å². The number of ether oxygens (including phenoxy) is 1. The molecule has 0 atom stereocenters. The molecule has 0 aliphatic rings. The smallest absolute Gasteiger partial charge is 0.334 e. The van der Waals surface area contributed by atoms with Gasteiger partial charge in [0.1, 0.15) is 11.6 Å². The Morgan fingerprint density at radius 3 is 2.71 bits per heavy atom. The molecule has 110 valence electrons. The van der Waals surface area contributed by atoms with Crippen molar-refractivity contribution in [1.29, 1.82) is 0 Å². The number of aromatic amines is 1. The lowest BCUT2D eigenvalue weighted by molar-refractivity contribution is 0.414. The molecule has 0 aliphatic heterocycles. The molecule has 2 aromatic rings. The minimum atomic E-state index is -0.554. The Kier molecular flexibility index (Phi) is 4.22. The van der Waals surface area contributed by atoms with Crippen LogP contribution in [0, 0.1) is 0 Å². The van der Waals surface area contributed by atoms with E-state index in [2.05, 4.69) is 9.98 Å². The molecule has 0 amide bonds. The van der Waals surface area contributed by atoms with Gasteiger partial charge in [-0.2, -0.15) is 0 Å². The highest BCUT2D eigenvalue weighted by Gasteiger charge is 2.08. The maximum Gasteiger partial charge on any atom is 0.334 e. The third kappa shape index (κ3) is 3.38. The van der Waals surface area contributed by atoms with Crippen LogP contribution >= 0.6 is 0 Å². The molecule has 0 fully saturated rings. The van der Waals surface area contributed by atoms with Gasteiger partial charge in [-0.25, -0.2) is 14.4 Å². The minimum Gasteiger partial charge on any atom is -0.497 e. The van der Waals surface area contributed by atoms with Crippen molar-refractivity contribution in [3.05, 3.63) is 51.2 Å². The molecule has 0 saturated carbocycles. The van der Waals surface area contributed by atoms with Crippen molar-refractivity contribution in [2.45, 2.75) is 0 Å². The highest BCUT2D eigenvalue weighted by atomic mass is 16.5. The molecule has 0 bridgehead atoms. The molecule has 0 saturated heterocycles. The number of nitrogens with one attached hydrogen (secondary N) is 1. The van der Waals surface area contributed by atoms with Crippen LogP contribution in [0.1, 0.15) is 0 Å². The first-order valence-corrected chi connectivity index (χ1v) is 6.22. The average molecular weight is 288 g/mol. The Bertz CT molecular complexity index is 774. The summed E-state index contributed by atoms with van der Waals surface area (Å²) < 4.78 is 6.45. The molecule has 0 aliphatic carbocycles. The van der Waals surface area contributed by atoms with E-state index in [4.69, 9.17) is 4.74 Å². The first kappa shape index (κ1) is 14.6. The van der Waals surface area contributed by atoms with Crippen LogP contribution in [0.3, 0.4) is 0 Å². The summed E-state index contributed by atoms with van der Waals surface area (Å²) in [7, 11) is 5.13. The summed E-state index contributed by atoms with van der Waals surface area (Å²) in [4.78, 5) is 31.7.